The summed E-state index contributed by atoms with van der Waals surface area (Å²) < 4.78 is 28.6. The Kier molecular flexibility index (Phi) is 4.55. The van der Waals surface area contributed by atoms with Crippen LogP contribution in [0.3, 0.4) is 0 Å². The Bertz CT molecular complexity index is 566. The number of halogens is 1. The van der Waals surface area contributed by atoms with E-state index in [0.29, 0.717) is 4.90 Å². The fraction of sp³-hybridized carbons (Fsp3) is 0.571. The molecule has 0 spiro atoms. The van der Waals surface area contributed by atoms with Gasteiger partial charge in [-0.3, -0.25) is 0 Å². The normalized spacial score (nSPS) is 13.6. The van der Waals surface area contributed by atoms with Crippen molar-refractivity contribution in [3.8, 4) is 0 Å². The van der Waals surface area contributed by atoms with Gasteiger partial charge in [0.05, 0.1) is 4.90 Å². The minimum absolute atomic E-state index is 0.244. The number of benzene rings is 1. The van der Waals surface area contributed by atoms with E-state index < -0.39 is 15.6 Å². The number of nitrogens with one attached hydrogen (secondary N) is 1. The van der Waals surface area contributed by atoms with Crippen LogP contribution >= 0.6 is 15.9 Å². The largest absolute Gasteiger partial charge is 0.241 e. The average Bonchev–Trinajstić information content (AvgIpc) is 2.11. The molecule has 3 nitrogen and oxygen atoms in total. The minimum Gasteiger partial charge on any atom is -0.207 e. The fourth-order valence-electron chi connectivity index (χ4n) is 1.78. The van der Waals surface area contributed by atoms with E-state index in [2.05, 4.69) is 20.7 Å². The van der Waals surface area contributed by atoms with Crippen molar-refractivity contribution < 1.29 is 8.42 Å². The van der Waals surface area contributed by atoms with Crippen LogP contribution in [0, 0.1) is 0 Å². The van der Waals surface area contributed by atoms with E-state index in [9.17, 15) is 8.42 Å². The number of rotatable bonds is 2. The van der Waals surface area contributed by atoms with Crippen LogP contribution in [0.5, 0.6) is 0 Å². The number of sulfonamides is 1. The highest BCUT2D eigenvalue weighted by Crippen LogP contribution is 2.31. The first-order chi connectivity index (χ1) is 8.33. The third-order valence-electron chi connectivity index (χ3n) is 2.48. The Hall–Kier alpha value is -0.390. The second-order valence-corrected chi connectivity index (χ2v) is 9.31. The molecule has 1 aromatic rings. The first-order valence-electron chi connectivity index (χ1n) is 6.17. The molecule has 0 aliphatic carbocycles. The highest BCUT2D eigenvalue weighted by molar-refractivity contribution is 9.10. The molecule has 0 atom stereocenters. The molecule has 1 rings (SSSR count). The van der Waals surface area contributed by atoms with Crippen LogP contribution in [0.1, 0.15) is 47.1 Å². The molecule has 0 unspecified atom stereocenters. The van der Waals surface area contributed by atoms with E-state index in [1.807, 2.05) is 47.6 Å². The Labute approximate surface area is 125 Å². The molecule has 0 aromatic heterocycles. The van der Waals surface area contributed by atoms with Gasteiger partial charge >= 0.3 is 0 Å². The molecule has 0 saturated heterocycles. The van der Waals surface area contributed by atoms with Gasteiger partial charge in [-0.25, -0.2) is 13.1 Å². The van der Waals surface area contributed by atoms with Crippen molar-refractivity contribution >= 4 is 26.0 Å². The van der Waals surface area contributed by atoms with Gasteiger partial charge in [0.2, 0.25) is 10.0 Å². The highest BCUT2D eigenvalue weighted by Gasteiger charge is 2.28. The second kappa shape index (κ2) is 5.19. The molecule has 19 heavy (non-hydrogen) atoms. The second-order valence-electron chi connectivity index (χ2n) is 6.75. The smallest absolute Gasteiger partial charge is 0.207 e. The standard InChI is InChI=1S/C14H22BrNO2S/c1-13(2,3)11-9-10(15)7-8-12(11)19(17,18)16-14(4,5)6/h7-9,16H,1-6H3. The van der Waals surface area contributed by atoms with Crippen molar-refractivity contribution in [1.82, 2.24) is 4.72 Å². The minimum atomic E-state index is -3.52. The van der Waals surface area contributed by atoms with Crippen molar-refractivity contribution in [1.29, 1.82) is 0 Å². The first kappa shape index (κ1) is 16.7. The van der Waals surface area contributed by atoms with E-state index in [4.69, 9.17) is 0 Å². The molecular weight excluding hydrogens is 326 g/mol. The third-order valence-corrected chi connectivity index (χ3v) is 4.79. The summed E-state index contributed by atoms with van der Waals surface area (Å²) in [6.45, 7) is 11.5. The molecule has 108 valence electrons. The molecule has 0 amide bonds. The topological polar surface area (TPSA) is 46.2 Å². The zero-order valence-electron chi connectivity index (χ0n) is 12.3. The lowest BCUT2D eigenvalue weighted by Crippen LogP contribution is -2.41. The summed E-state index contributed by atoms with van der Waals surface area (Å²) in [5, 5.41) is 0. The van der Waals surface area contributed by atoms with Crippen LogP contribution in [0.15, 0.2) is 27.6 Å². The molecular formula is C14H22BrNO2S. The van der Waals surface area contributed by atoms with Crippen molar-refractivity contribution in [3.63, 3.8) is 0 Å². The molecule has 0 radical (unpaired) electrons. The summed E-state index contributed by atoms with van der Waals surface area (Å²) in [4.78, 5) is 0.345. The van der Waals surface area contributed by atoms with Crippen LogP contribution in [0.4, 0.5) is 0 Å². The van der Waals surface area contributed by atoms with Gasteiger partial charge in [0.15, 0.2) is 0 Å². The first-order valence-corrected chi connectivity index (χ1v) is 8.44. The maximum atomic E-state index is 12.5. The van der Waals surface area contributed by atoms with Gasteiger partial charge in [-0.05, 0) is 49.9 Å². The number of hydrogen-bond acceptors (Lipinski definition) is 2. The molecule has 0 bridgehead atoms. The molecule has 0 heterocycles. The van der Waals surface area contributed by atoms with Crippen LogP contribution < -0.4 is 4.72 Å². The van der Waals surface area contributed by atoms with Crippen LogP contribution in [0.25, 0.3) is 0 Å². The molecule has 5 heteroatoms. The Balaban J connectivity index is 3.44. The van der Waals surface area contributed by atoms with Gasteiger partial charge in [0, 0.05) is 10.0 Å². The summed E-state index contributed by atoms with van der Waals surface area (Å²) >= 11 is 3.40. The average molecular weight is 348 g/mol. The van der Waals surface area contributed by atoms with E-state index in [1.165, 1.54) is 0 Å². The van der Waals surface area contributed by atoms with Gasteiger partial charge in [0.25, 0.3) is 0 Å². The van der Waals surface area contributed by atoms with Gasteiger partial charge in [0.1, 0.15) is 0 Å². The van der Waals surface area contributed by atoms with E-state index >= 15 is 0 Å². The molecule has 1 aromatic carbocycles. The van der Waals surface area contributed by atoms with Crippen LogP contribution in [0.2, 0.25) is 0 Å². The van der Waals surface area contributed by atoms with Crippen LogP contribution in [-0.2, 0) is 15.4 Å². The van der Waals surface area contributed by atoms with Gasteiger partial charge < -0.3 is 0 Å². The molecule has 0 aliphatic heterocycles. The third kappa shape index (κ3) is 4.58. The predicted octanol–water partition coefficient (Wildman–Crippen LogP) is 3.82. The monoisotopic (exact) mass is 347 g/mol. The lowest BCUT2D eigenvalue weighted by Gasteiger charge is -2.26. The zero-order chi connectivity index (χ0) is 15.1. The Morgan fingerprint density at radius 2 is 1.58 bits per heavy atom. The zero-order valence-corrected chi connectivity index (χ0v) is 14.7. The van der Waals surface area contributed by atoms with E-state index in [-0.39, 0.29) is 5.41 Å². The molecule has 1 N–H and O–H groups in total. The summed E-state index contributed by atoms with van der Waals surface area (Å²) in [6, 6.07) is 5.28. The van der Waals surface area contributed by atoms with Crippen molar-refractivity contribution in [2.24, 2.45) is 0 Å². The molecule has 0 aliphatic rings. The van der Waals surface area contributed by atoms with Crippen molar-refractivity contribution in [3.05, 3.63) is 28.2 Å². The quantitative estimate of drug-likeness (QED) is 0.883. The molecule has 0 saturated carbocycles. The van der Waals surface area contributed by atoms with Gasteiger partial charge in [-0.2, -0.15) is 0 Å². The lowest BCUT2D eigenvalue weighted by molar-refractivity contribution is 0.487. The SMILES string of the molecule is CC(C)(C)NS(=O)(=O)c1ccc(Br)cc1C(C)(C)C. The summed E-state index contributed by atoms with van der Waals surface area (Å²) in [5.74, 6) is 0. The van der Waals surface area contributed by atoms with Crippen molar-refractivity contribution in [2.45, 2.75) is 57.4 Å². The van der Waals surface area contributed by atoms with E-state index in [1.54, 1.807) is 12.1 Å². The Morgan fingerprint density at radius 3 is 2.00 bits per heavy atom. The Morgan fingerprint density at radius 1 is 1.05 bits per heavy atom. The molecule has 0 fully saturated rings. The summed E-state index contributed by atoms with van der Waals surface area (Å²) in [6.07, 6.45) is 0. The maximum absolute atomic E-state index is 12.5. The fourth-order valence-corrected chi connectivity index (χ4v) is 3.96. The summed E-state index contributed by atoms with van der Waals surface area (Å²) in [7, 11) is -3.52. The summed E-state index contributed by atoms with van der Waals surface area (Å²) in [5.41, 5.74) is 0.0610. The van der Waals surface area contributed by atoms with E-state index in [0.717, 1.165) is 10.0 Å². The predicted molar refractivity (Wildman–Crippen MR) is 82.9 cm³/mol. The highest BCUT2D eigenvalue weighted by atomic mass is 79.9. The van der Waals surface area contributed by atoms with Gasteiger partial charge in [-0.15, -0.1) is 0 Å². The maximum Gasteiger partial charge on any atom is 0.241 e. The number of hydrogen-bond donors (Lipinski definition) is 1. The van der Waals surface area contributed by atoms with Crippen molar-refractivity contribution in [2.75, 3.05) is 0 Å². The lowest BCUT2D eigenvalue weighted by atomic mass is 9.87. The van der Waals surface area contributed by atoms with Crippen LogP contribution in [-0.4, -0.2) is 14.0 Å². The van der Waals surface area contributed by atoms with Gasteiger partial charge in [-0.1, -0.05) is 36.7 Å².